The van der Waals surface area contributed by atoms with E-state index in [0.29, 0.717) is 37.4 Å². The lowest BCUT2D eigenvalue weighted by Crippen LogP contribution is -2.36. The van der Waals surface area contributed by atoms with Crippen LogP contribution >= 0.6 is 0 Å². The molecular formula is C14H17F3N6O. The van der Waals surface area contributed by atoms with Gasteiger partial charge < -0.3 is 15.2 Å². The quantitative estimate of drug-likeness (QED) is 0.896. The third-order valence-corrected chi connectivity index (χ3v) is 3.89. The van der Waals surface area contributed by atoms with Crippen molar-refractivity contribution in [2.75, 3.05) is 11.9 Å². The predicted octanol–water partition coefficient (Wildman–Crippen LogP) is 2.02. The Labute approximate surface area is 135 Å². The molecule has 1 aliphatic rings. The minimum atomic E-state index is -4.43. The first kappa shape index (κ1) is 16.3. The Morgan fingerprint density at radius 3 is 2.88 bits per heavy atom. The minimum absolute atomic E-state index is 0.0624. The first-order valence-electron chi connectivity index (χ1n) is 7.48. The number of alkyl halides is 3. The molecule has 0 fully saturated rings. The smallest absolute Gasteiger partial charge is 0.338 e. The molecule has 2 N–H and O–H groups in total. The summed E-state index contributed by atoms with van der Waals surface area (Å²) in [7, 11) is 1.74. The summed E-state index contributed by atoms with van der Waals surface area (Å²) in [5.41, 5.74) is -0.286. The van der Waals surface area contributed by atoms with Gasteiger partial charge >= 0.3 is 12.2 Å². The Hall–Kier alpha value is -2.52. The number of nitrogens with zero attached hydrogens (tertiary/aromatic N) is 4. The van der Waals surface area contributed by atoms with Gasteiger partial charge in [-0.1, -0.05) is 0 Å². The van der Waals surface area contributed by atoms with Crippen LogP contribution in [0.3, 0.4) is 0 Å². The number of carbonyl (C=O) groups is 1. The standard InChI is InChI=1S/C14H17F3N6O/c1-22-7-10(5-19-22)20-13(24)18-4-9-2-3-12-21-11(14(15,16)17)8-23(12)6-9/h5,7-9H,2-4,6H2,1H3,(H2,18,20,24). The van der Waals surface area contributed by atoms with Crippen LogP contribution in [-0.2, 0) is 26.2 Å². The van der Waals surface area contributed by atoms with Gasteiger partial charge in [0.15, 0.2) is 5.69 Å². The van der Waals surface area contributed by atoms with Crippen molar-refractivity contribution >= 4 is 11.7 Å². The molecule has 0 bridgehead atoms. The highest BCUT2D eigenvalue weighted by molar-refractivity contribution is 5.88. The van der Waals surface area contributed by atoms with Crippen molar-refractivity contribution in [2.24, 2.45) is 13.0 Å². The van der Waals surface area contributed by atoms with Crippen molar-refractivity contribution in [3.8, 4) is 0 Å². The van der Waals surface area contributed by atoms with Gasteiger partial charge in [0, 0.05) is 39.0 Å². The summed E-state index contributed by atoms with van der Waals surface area (Å²) in [4.78, 5) is 15.5. The average molecular weight is 342 g/mol. The summed E-state index contributed by atoms with van der Waals surface area (Å²) >= 11 is 0. The second-order valence-corrected chi connectivity index (χ2v) is 5.83. The molecule has 3 rings (SSSR count). The number of nitrogens with one attached hydrogen (secondary N) is 2. The molecule has 1 atom stereocenters. The van der Waals surface area contributed by atoms with E-state index in [0.717, 1.165) is 6.20 Å². The highest BCUT2D eigenvalue weighted by atomic mass is 19.4. The van der Waals surface area contributed by atoms with Gasteiger partial charge in [-0.2, -0.15) is 18.3 Å². The summed E-state index contributed by atoms with van der Waals surface area (Å²) in [5, 5.41) is 9.32. The highest BCUT2D eigenvalue weighted by Crippen LogP contribution is 2.30. The third-order valence-electron chi connectivity index (χ3n) is 3.89. The topological polar surface area (TPSA) is 76.8 Å². The molecule has 2 aromatic rings. The normalized spacial score (nSPS) is 17.4. The van der Waals surface area contributed by atoms with E-state index in [1.807, 2.05) is 0 Å². The average Bonchev–Trinajstić information content (AvgIpc) is 3.10. The molecule has 1 aliphatic heterocycles. The van der Waals surface area contributed by atoms with Crippen LogP contribution in [0, 0.1) is 5.92 Å². The number of carbonyl (C=O) groups excluding carboxylic acids is 1. The molecule has 10 heteroatoms. The van der Waals surface area contributed by atoms with Gasteiger partial charge in [0.1, 0.15) is 5.82 Å². The lowest BCUT2D eigenvalue weighted by Gasteiger charge is -2.23. The minimum Gasteiger partial charge on any atom is -0.338 e. The van der Waals surface area contributed by atoms with Crippen LogP contribution in [0.5, 0.6) is 0 Å². The summed E-state index contributed by atoms with van der Waals surface area (Å²) < 4.78 is 41.1. The number of rotatable bonds is 3. The zero-order chi connectivity index (χ0) is 17.3. The van der Waals surface area contributed by atoms with Crippen molar-refractivity contribution in [3.63, 3.8) is 0 Å². The largest absolute Gasteiger partial charge is 0.434 e. The van der Waals surface area contributed by atoms with E-state index in [9.17, 15) is 18.0 Å². The number of amides is 2. The van der Waals surface area contributed by atoms with E-state index in [2.05, 4.69) is 20.7 Å². The molecule has 0 saturated heterocycles. The van der Waals surface area contributed by atoms with E-state index in [-0.39, 0.29) is 11.9 Å². The van der Waals surface area contributed by atoms with Gasteiger partial charge in [-0.3, -0.25) is 4.68 Å². The molecular weight excluding hydrogens is 325 g/mol. The van der Waals surface area contributed by atoms with Gasteiger partial charge in [0.2, 0.25) is 0 Å². The number of hydrogen-bond acceptors (Lipinski definition) is 3. The zero-order valence-electron chi connectivity index (χ0n) is 13.0. The molecule has 2 aromatic heterocycles. The summed E-state index contributed by atoms with van der Waals surface area (Å²) in [6.07, 6.45) is 0.945. The van der Waals surface area contributed by atoms with Crippen LogP contribution in [0.2, 0.25) is 0 Å². The number of hydrogen-bond donors (Lipinski definition) is 2. The van der Waals surface area contributed by atoms with Gasteiger partial charge in [0.05, 0.1) is 11.9 Å². The molecule has 0 spiro atoms. The Morgan fingerprint density at radius 2 is 2.21 bits per heavy atom. The van der Waals surface area contributed by atoms with Gasteiger partial charge in [0.25, 0.3) is 0 Å². The van der Waals surface area contributed by atoms with Crippen LogP contribution in [-0.4, -0.2) is 31.9 Å². The number of imidazole rings is 1. The number of urea groups is 1. The number of aromatic nitrogens is 4. The third kappa shape index (κ3) is 3.69. The Kier molecular flexibility index (Phi) is 4.20. The fourth-order valence-electron chi connectivity index (χ4n) is 2.72. The Morgan fingerprint density at radius 1 is 1.42 bits per heavy atom. The zero-order valence-corrected chi connectivity index (χ0v) is 13.0. The van der Waals surface area contributed by atoms with E-state index in [1.165, 1.54) is 10.8 Å². The molecule has 7 nitrogen and oxygen atoms in total. The van der Waals surface area contributed by atoms with Crippen molar-refractivity contribution in [2.45, 2.75) is 25.6 Å². The van der Waals surface area contributed by atoms with Crippen LogP contribution in [0.1, 0.15) is 17.9 Å². The van der Waals surface area contributed by atoms with Crippen molar-refractivity contribution < 1.29 is 18.0 Å². The summed E-state index contributed by atoms with van der Waals surface area (Å²) in [6, 6.07) is -0.365. The van der Waals surface area contributed by atoms with Gasteiger partial charge in [-0.15, -0.1) is 0 Å². The highest BCUT2D eigenvalue weighted by Gasteiger charge is 2.35. The predicted molar refractivity (Wildman–Crippen MR) is 79.3 cm³/mol. The van der Waals surface area contributed by atoms with Crippen molar-refractivity contribution in [1.82, 2.24) is 24.6 Å². The fourth-order valence-corrected chi connectivity index (χ4v) is 2.72. The van der Waals surface area contributed by atoms with E-state index in [1.54, 1.807) is 17.9 Å². The molecule has 0 aliphatic carbocycles. The lowest BCUT2D eigenvalue weighted by molar-refractivity contribution is -0.141. The second kappa shape index (κ2) is 6.17. The summed E-state index contributed by atoms with van der Waals surface area (Å²) in [5.74, 6) is 0.505. The lowest BCUT2D eigenvalue weighted by atomic mass is 9.99. The van der Waals surface area contributed by atoms with E-state index in [4.69, 9.17) is 0 Å². The van der Waals surface area contributed by atoms with E-state index >= 15 is 0 Å². The van der Waals surface area contributed by atoms with Crippen molar-refractivity contribution in [3.05, 3.63) is 30.1 Å². The molecule has 0 saturated carbocycles. The maximum Gasteiger partial charge on any atom is 0.434 e. The number of aryl methyl sites for hydroxylation is 2. The Bertz CT molecular complexity index is 735. The number of fused-ring (bicyclic) bond motifs is 1. The van der Waals surface area contributed by atoms with Gasteiger partial charge in [-0.05, 0) is 12.3 Å². The maximum absolute atomic E-state index is 12.7. The molecule has 130 valence electrons. The molecule has 1 unspecified atom stereocenters. The number of anilines is 1. The second-order valence-electron chi connectivity index (χ2n) is 5.83. The van der Waals surface area contributed by atoms with Crippen LogP contribution in [0.15, 0.2) is 18.6 Å². The van der Waals surface area contributed by atoms with Crippen LogP contribution in [0.25, 0.3) is 0 Å². The SMILES string of the molecule is Cn1cc(NC(=O)NCC2CCc3nc(C(F)(F)F)cn3C2)cn1. The fraction of sp³-hybridized carbons (Fsp3) is 0.500. The Balaban J connectivity index is 1.52. The maximum atomic E-state index is 12.7. The first-order valence-corrected chi connectivity index (χ1v) is 7.48. The summed E-state index contributed by atoms with van der Waals surface area (Å²) in [6.45, 7) is 0.788. The van der Waals surface area contributed by atoms with Crippen LogP contribution < -0.4 is 10.6 Å². The van der Waals surface area contributed by atoms with Gasteiger partial charge in [-0.25, -0.2) is 9.78 Å². The monoisotopic (exact) mass is 342 g/mol. The first-order chi connectivity index (χ1) is 11.3. The molecule has 0 aromatic carbocycles. The molecule has 2 amide bonds. The van der Waals surface area contributed by atoms with E-state index < -0.39 is 11.9 Å². The molecule has 3 heterocycles. The molecule has 24 heavy (non-hydrogen) atoms. The van der Waals surface area contributed by atoms with Crippen molar-refractivity contribution in [1.29, 1.82) is 0 Å². The number of halogens is 3. The van der Waals surface area contributed by atoms with Crippen LogP contribution in [0.4, 0.5) is 23.7 Å². The molecule has 0 radical (unpaired) electrons.